The summed E-state index contributed by atoms with van der Waals surface area (Å²) < 4.78 is 18.1. The highest BCUT2D eigenvalue weighted by Gasteiger charge is 2.45. The lowest BCUT2D eigenvalue weighted by Crippen LogP contribution is -2.34. The summed E-state index contributed by atoms with van der Waals surface area (Å²) in [5.41, 5.74) is 6.24. The molecule has 4 N–H and O–H groups in total. The molecule has 1 aliphatic rings. The predicted octanol–water partition coefficient (Wildman–Crippen LogP) is -2.20. The van der Waals surface area contributed by atoms with Gasteiger partial charge in [-0.1, -0.05) is 5.21 Å². The third kappa shape index (κ3) is 2.37. The summed E-state index contributed by atoms with van der Waals surface area (Å²) >= 11 is 0. The van der Waals surface area contributed by atoms with Crippen LogP contribution < -0.4 is 5.73 Å². The van der Waals surface area contributed by atoms with E-state index in [1.54, 1.807) is 0 Å². The Balaban J connectivity index is 1.96. The van der Waals surface area contributed by atoms with Crippen molar-refractivity contribution in [1.82, 2.24) is 25.0 Å². The van der Waals surface area contributed by atoms with E-state index in [0.29, 0.717) is 0 Å². The molecular weight excluding hydrogens is 300 g/mol. The van der Waals surface area contributed by atoms with Crippen molar-refractivity contribution in [2.24, 2.45) is 0 Å². The molecule has 1 fully saturated rings. The second kappa shape index (κ2) is 5.26. The molecule has 0 bridgehead atoms. The van der Waals surface area contributed by atoms with Crippen LogP contribution in [0.2, 0.25) is 0 Å². The molecule has 0 aliphatic carbocycles. The Morgan fingerprint density at radius 3 is 2.90 bits per heavy atom. The van der Waals surface area contributed by atoms with Gasteiger partial charge >= 0.3 is 0 Å². The maximum atomic E-state index is 11.3. The molecule has 1 aliphatic heterocycles. The lowest BCUT2D eigenvalue weighted by Gasteiger charge is -2.14. The van der Waals surface area contributed by atoms with Gasteiger partial charge in [-0.25, -0.2) is 9.97 Å². The van der Waals surface area contributed by atoms with Crippen molar-refractivity contribution < 1.29 is 19.2 Å². The molecule has 3 heterocycles. The molecule has 2 aromatic heterocycles. The molecule has 3 rings (SSSR count). The molecular formula is C10H14N6O4S. The Bertz CT molecular complexity index is 693. The van der Waals surface area contributed by atoms with Gasteiger partial charge in [0.25, 0.3) is 0 Å². The first-order chi connectivity index (χ1) is 9.99. The lowest BCUT2D eigenvalue weighted by atomic mass is 10.1. The molecule has 0 aromatic carbocycles. The fourth-order valence-electron chi connectivity index (χ4n) is 2.25. The van der Waals surface area contributed by atoms with E-state index in [2.05, 4.69) is 20.3 Å². The Labute approximate surface area is 121 Å². The molecule has 11 heteroatoms. The number of ether oxygens (including phenoxy) is 1. The van der Waals surface area contributed by atoms with Crippen molar-refractivity contribution in [2.45, 2.75) is 24.5 Å². The largest absolute Gasteiger partial charge is 0.387 e. The topological polar surface area (TPSA) is 149 Å². The van der Waals surface area contributed by atoms with Crippen molar-refractivity contribution in [2.75, 3.05) is 17.7 Å². The van der Waals surface area contributed by atoms with Gasteiger partial charge in [-0.15, -0.1) is 5.10 Å². The number of anilines is 1. The average Bonchev–Trinajstić information content (AvgIpc) is 2.96. The van der Waals surface area contributed by atoms with Gasteiger partial charge in [0.15, 0.2) is 23.2 Å². The number of nitrogens with zero attached hydrogens (tertiary/aromatic N) is 5. The highest BCUT2D eigenvalue weighted by Crippen LogP contribution is 2.31. The van der Waals surface area contributed by atoms with Crippen LogP contribution >= 0.6 is 0 Å². The quantitative estimate of drug-likeness (QED) is 0.573. The molecule has 5 atom stereocenters. The van der Waals surface area contributed by atoms with Gasteiger partial charge in [-0.2, -0.15) is 4.68 Å². The smallest absolute Gasteiger partial charge is 0.186 e. The van der Waals surface area contributed by atoms with Crippen molar-refractivity contribution in [3.05, 3.63) is 6.33 Å². The summed E-state index contributed by atoms with van der Waals surface area (Å²) in [6, 6.07) is 0. The van der Waals surface area contributed by atoms with E-state index in [9.17, 15) is 14.4 Å². The number of nitrogens with two attached hydrogens (primary N) is 1. The van der Waals surface area contributed by atoms with Gasteiger partial charge in [-0.05, 0) is 0 Å². The van der Waals surface area contributed by atoms with Crippen LogP contribution in [-0.4, -0.2) is 69.7 Å². The third-order valence-electron chi connectivity index (χ3n) is 3.27. The Morgan fingerprint density at radius 2 is 2.19 bits per heavy atom. The van der Waals surface area contributed by atoms with E-state index >= 15 is 0 Å². The summed E-state index contributed by atoms with van der Waals surface area (Å²) in [5, 5.41) is 27.8. The van der Waals surface area contributed by atoms with Crippen LogP contribution in [0.15, 0.2) is 6.33 Å². The van der Waals surface area contributed by atoms with Gasteiger partial charge in [0, 0.05) is 17.1 Å². The summed E-state index contributed by atoms with van der Waals surface area (Å²) in [4.78, 5) is 7.80. The number of aliphatic hydroxyl groups excluding tert-OH is 2. The first-order valence-electron chi connectivity index (χ1n) is 6.12. The minimum atomic E-state index is -1.24. The van der Waals surface area contributed by atoms with Crippen LogP contribution in [0.4, 0.5) is 5.82 Å². The van der Waals surface area contributed by atoms with Crippen LogP contribution in [0.1, 0.15) is 6.23 Å². The second-order valence-corrected chi connectivity index (χ2v) is 6.23. The normalized spacial score (nSPS) is 30.8. The van der Waals surface area contributed by atoms with Gasteiger partial charge in [0.1, 0.15) is 24.6 Å². The zero-order chi connectivity index (χ0) is 15.1. The van der Waals surface area contributed by atoms with E-state index in [-0.39, 0.29) is 22.7 Å². The number of rotatable bonds is 3. The van der Waals surface area contributed by atoms with Gasteiger partial charge < -0.3 is 20.7 Å². The fraction of sp³-hybridized carbons (Fsp3) is 0.600. The first-order valence-corrected chi connectivity index (χ1v) is 7.84. The predicted molar refractivity (Wildman–Crippen MR) is 72.4 cm³/mol. The van der Waals surface area contributed by atoms with Crippen LogP contribution in [0.25, 0.3) is 11.2 Å². The number of nitrogen functional groups attached to an aromatic ring is 1. The number of aliphatic hydroxyl groups is 2. The van der Waals surface area contributed by atoms with Crippen LogP contribution in [0.5, 0.6) is 0 Å². The zero-order valence-corrected chi connectivity index (χ0v) is 11.8. The monoisotopic (exact) mass is 314 g/mol. The molecule has 0 amide bonds. The molecule has 0 saturated carbocycles. The van der Waals surface area contributed by atoms with Crippen molar-refractivity contribution >= 4 is 27.8 Å². The number of hydrogen-bond donors (Lipinski definition) is 3. The molecule has 0 spiro atoms. The Hall–Kier alpha value is -1.69. The first kappa shape index (κ1) is 14.3. The van der Waals surface area contributed by atoms with E-state index in [4.69, 9.17) is 10.5 Å². The highest BCUT2D eigenvalue weighted by atomic mass is 32.2. The Morgan fingerprint density at radius 1 is 1.43 bits per heavy atom. The van der Waals surface area contributed by atoms with E-state index < -0.39 is 35.3 Å². The maximum Gasteiger partial charge on any atom is 0.186 e. The number of fused-ring (bicyclic) bond motifs is 1. The third-order valence-corrected chi connectivity index (χ3v) is 4.06. The van der Waals surface area contributed by atoms with E-state index in [1.165, 1.54) is 17.3 Å². The Kier molecular flexibility index (Phi) is 3.57. The molecule has 1 unspecified atom stereocenters. The molecule has 114 valence electrons. The van der Waals surface area contributed by atoms with Crippen molar-refractivity contribution in [3.8, 4) is 0 Å². The van der Waals surface area contributed by atoms with Crippen molar-refractivity contribution in [3.63, 3.8) is 0 Å². The molecule has 1 saturated heterocycles. The standard InChI is InChI=1S/C10H14N6O4S/c1-21(19)2-4-6(17)7(18)10(20-4)16-9-5(14-15-16)8(11)12-3-13-9/h3-4,6-7,10,17-18H,2H2,1H3,(H2,11,12,13)/t4-,6-,7-,10-,21?/m1/s1. The van der Waals surface area contributed by atoms with Crippen LogP contribution in [-0.2, 0) is 15.5 Å². The molecule has 0 radical (unpaired) electrons. The minimum absolute atomic E-state index is 0.110. The van der Waals surface area contributed by atoms with Crippen LogP contribution in [0.3, 0.4) is 0 Å². The molecule has 2 aromatic rings. The summed E-state index contributed by atoms with van der Waals surface area (Å²) in [7, 11) is -1.17. The number of hydrogen-bond acceptors (Lipinski definition) is 9. The summed E-state index contributed by atoms with van der Waals surface area (Å²) in [6.07, 6.45) is -1.40. The fourth-order valence-corrected chi connectivity index (χ4v) is 2.99. The van der Waals surface area contributed by atoms with E-state index in [1.807, 2.05) is 0 Å². The second-order valence-electron chi connectivity index (χ2n) is 4.75. The maximum absolute atomic E-state index is 11.3. The molecule has 21 heavy (non-hydrogen) atoms. The van der Waals surface area contributed by atoms with Gasteiger partial charge in [0.05, 0.1) is 5.75 Å². The van der Waals surface area contributed by atoms with Gasteiger partial charge in [-0.3, -0.25) is 4.21 Å². The minimum Gasteiger partial charge on any atom is -0.387 e. The highest BCUT2D eigenvalue weighted by molar-refractivity contribution is 7.84. The molecule has 10 nitrogen and oxygen atoms in total. The van der Waals surface area contributed by atoms with Crippen LogP contribution in [0, 0.1) is 0 Å². The summed E-state index contributed by atoms with van der Waals surface area (Å²) in [5.74, 6) is 0.267. The van der Waals surface area contributed by atoms with Gasteiger partial charge in [0.2, 0.25) is 0 Å². The zero-order valence-electron chi connectivity index (χ0n) is 11.0. The van der Waals surface area contributed by atoms with E-state index in [0.717, 1.165) is 0 Å². The average molecular weight is 314 g/mol. The van der Waals surface area contributed by atoms with Crippen molar-refractivity contribution in [1.29, 1.82) is 0 Å². The SMILES string of the molecule is CS(=O)C[C@H]1O[C@@H](n2nnc3c(N)ncnc32)[C@H](O)[C@@H]1O. The number of aromatic nitrogens is 5. The summed E-state index contributed by atoms with van der Waals surface area (Å²) in [6.45, 7) is 0. The lowest BCUT2D eigenvalue weighted by molar-refractivity contribution is -0.0374.